The van der Waals surface area contributed by atoms with Crippen molar-refractivity contribution in [1.29, 1.82) is 0 Å². The molecule has 33 heavy (non-hydrogen) atoms. The number of ketones is 1. The number of Topliss-reactive ketones (excluding diaryl/α,β-unsaturated/α-hetero) is 1. The summed E-state index contributed by atoms with van der Waals surface area (Å²) in [7, 11) is 0.217. The standard InChI is InChI=1S/C26H40O6Si/c1-29-25(28)23-16-26(18-31-19-30-12-13-33(2,3)4)11-10-22(14-21(26)15-24(23)27)32-17-20-8-6-5-7-9-20/h5-9,21-23H,10-19H2,1-4H3/t21-,22-,23+,26-/m0/s1. The minimum atomic E-state index is -1.14. The second-order valence-electron chi connectivity index (χ2n) is 10.9. The summed E-state index contributed by atoms with van der Waals surface area (Å²) in [4.78, 5) is 25.1. The molecule has 2 saturated carbocycles. The molecule has 7 heteroatoms. The molecule has 2 aliphatic rings. The average Bonchev–Trinajstić information content (AvgIpc) is 2.79. The normalized spacial score (nSPS) is 27.8. The van der Waals surface area contributed by atoms with E-state index < -0.39 is 20.0 Å². The van der Waals surface area contributed by atoms with Crippen LogP contribution in [0.15, 0.2) is 30.3 Å². The fraction of sp³-hybridized carbons (Fsp3) is 0.692. The van der Waals surface area contributed by atoms with Gasteiger partial charge in [0, 0.05) is 21.1 Å². The van der Waals surface area contributed by atoms with E-state index in [1.165, 1.54) is 7.11 Å². The Morgan fingerprint density at radius 1 is 1.15 bits per heavy atom. The summed E-state index contributed by atoms with van der Waals surface area (Å²) in [6.45, 7) is 9.01. The van der Waals surface area contributed by atoms with Gasteiger partial charge in [0.25, 0.3) is 0 Å². The van der Waals surface area contributed by atoms with Gasteiger partial charge in [-0.3, -0.25) is 9.59 Å². The second kappa shape index (κ2) is 11.7. The SMILES string of the molecule is COC(=O)[C@@H]1C[C@]2(COCOCC[Si](C)(C)C)CC[C@H](OCc3ccccc3)C[C@H]2CC1=O. The van der Waals surface area contributed by atoms with Crippen molar-refractivity contribution >= 4 is 19.8 Å². The first-order chi connectivity index (χ1) is 15.7. The van der Waals surface area contributed by atoms with Gasteiger partial charge in [0.15, 0.2) is 0 Å². The Balaban J connectivity index is 1.59. The van der Waals surface area contributed by atoms with Crippen LogP contribution in [0.4, 0.5) is 0 Å². The molecular weight excluding hydrogens is 436 g/mol. The highest BCUT2D eigenvalue weighted by atomic mass is 28.3. The fourth-order valence-electron chi connectivity index (χ4n) is 5.10. The molecule has 2 aliphatic carbocycles. The lowest BCUT2D eigenvalue weighted by Crippen LogP contribution is -2.51. The highest BCUT2D eigenvalue weighted by Gasteiger charge is 2.52. The number of benzene rings is 1. The zero-order valence-electron chi connectivity index (χ0n) is 20.6. The lowest BCUT2D eigenvalue weighted by atomic mass is 9.56. The molecule has 0 heterocycles. The molecule has 6 nitrogen and oxygen atoms in total. The summed E-state index contributed by atoms with van der Waals surface area (Å²) in [5, 5.41) is 0. The highest BCUT2D eigenvalue weighted by molar-refractivity contribution is 6.76. The van der Waals surface area contributed by atoms with Crippen LogP contribution < -0.4 is 0 Å². The van der Waals surface area contributed by atoms with Gasteiger partial charge in [0.2, 0.25) is 0 Å². The zero-order chi connectivity index (χ0) is 23.9. The van der Waals surface area contributed by atoms with Crippen LogP contribution in [-0.2, 0) is 35.1 Å². The van der Waals surface area contributed by atoms with E-state index in [4.69, 9.17) is 18.9 Å². The molecule has 0 amide bonds. The molecule has 0 aromatic heterocycles. The van der Waals surface area contributed by atoms with E-state index in [1.54, 1.807) is 0 Å². The molecule has 3 rings (SSSR count). The van der Waals surface area contributed by atoms with E-state index >= 15 is 0 Å². The molecule has 0 N–H and O–H groups in total. The lowest BCUT2D eigenvalue weighted by Gasteiger charge is -2.50. The number of hydrogen-bond donors (Lipinski definition) is 0. The summed E-state index contributed by atoms with van der Waals surface area (Å²) in [6.07, 6.45) is 3.55. The predicted octanol–water partition coefficient (Wildman–Crippen LogP) is 4.84. The van der Waals surface area contributed by atoms with Crippen LogP contribution in [0, 0.1) is 17.3 Å². The van der Waals surface area contributed by atoms with E-state index in [1.807, 2.05) is 18.2 Å². The Labute approximate surface area is 199 Å². The molecule has 184 valence electrons. The third kappa shape index (κ3) is 7.47. The predicted molar refractivity (Wildman–Crippen MR) is 129 cm³/mol. The Morgan fingerprint density at radius 2 is 1.91 bits per heavy atom. The Hall–Kier alpha value is -1.54. The number of ether oxygens (including phenoxy) is 4. The number of methoxy groups -OCH3 is 1. The number of carbonyl (C=O) groups is 2. The van der Waals surface area contributed by atoms with Gasteiger partial charge in [-0.2, -0.15) is 0 Å². The Morgan fingerprint density at radius 3 is 2.61 bits per heavy atom. The van der Waals surface area contributed by atoms with Crippen molar-refractivity contribution in [2.45, 2.75) is 70.5 Å². The van der Waals surface area contributed by atoms with Crippen molar-refractivity contribution in [3.05, 3.63) is 35.9 Å². The average molecular weight is 477 g/mol. The third-order valence-corrected chi connectivity index (χ3v) is 8.90. The molecule has 2 fully saturated rings. The van der Waals surface area contributed by atoms with Crippen LogP contribution in [0.25, 0.3) is 0 Å². The maximum atomic E-state index is 12.8. The number of rotatable bonds is 11. The molecule has 1 aromatic rings. The van der Waals surface area contributed by atoms with Crippen LogP contribution in [0.2, 0.25) is 25.7 Å². The van der Waals surface area contributed by atoms with Gasteiger partial charge in [-0.25, -0.2) is 0 Å². The van der Waals surface area contributed by atoms with Crippen LogP contribution in [0.3, 0.4) is 0 Å². The quantitative estimate of drug-likeness (QED) is 0.150. The molecule has 0 bridgehead atoms. The van der Waals surface area contributed by atoms with Gasteiger partial charge in [-0.1, -0.05) is 50.0 Å². The van der Waals surface area contributed by atoms with Crippen molar-refractivity contribution < 1.29 is 28.5 Å². The smallest absolute Gasteiger partial charge is 0.316 e. The van der Waals surface area contributed by atoms with Crippen molar-refractivity contribution in [2.24, 2.45) is 17.3 Å². The first-order valence-electron chi connectivity index (χ1n) is 12.1. The van der Waals surface area contributed by atoms with E-state index in [0.717, 1.165) is 30.9 Å². The van der Waals surface area contributed by atoms with E-state index in [0.29, 0.717) is 32.7 Å². The van der Waals surface area contributed by atoms with Crippen molar-refractivity contribution in [2.75, 3.05) is 27.1 Å². The molecule has 0 spiro atoms. The van der Waals surface area contributed by atoms with Crippen LogP contribution in [0.5, 0.6) is 0 Å². The third-order valence-electron chi connectivity index (χ3n) is 7.19. The largest absolute Gasteiger partial charge is 0.468 e. The molecule has 0 saturated heterocycles. The fourth-order valence-corrected chi connectivity index (χ4v) is 5.86. The maximum absolute atomic E-state index is 12.8. The number of esters is 1. The molecular formula is C26H40O6Si. The molecule has 1 aromatic carbocycles. The monoisotopic (exact) mass is 476 g/mol. The lowest BCUT2D eigenvalue weighted by molar-refractivity contribution is -0.165. The topological polar surface area (TPSA) is 71.1 Å². The van der Waals surface area contributed by atoms with Crippen molar-refractivity contribution in [3.63, 3.8) is 0 Å². The molecule has 0 radical (unpaired) electrons. The van der Waals surface area contributed by atoms with Crippen molar-refractivity contribution in [1.82, 2.24) is 0 Å². The Kier molecular flexibility index (Phi) is 9.27. The first kappa shape index (κ1) is 26.1. The van der Waals surface area contributed by atoms with Gasteiger partial charge in [-0.15, -0.1) is 0 Å². The van der Waals surface area contributed by atoms with Gasteiger partial charge < -0.3 is 18.9 Å². The minimum absolute atomic E-state index is 0.0161. The zero-order valence-corrected chi connectivity index (χ0v) is 21.6. The van der Waals surface area contributed by atoms with Gasteiger partial charge in [0.1, 0.15) is 18.5 Å². The summed E-state index contributed by atoms with van der Waals surface area (Å²) < 4.78 is 22.9. The van der Waals surface area contributed by atoms with Crippen LogP contribution in [0.1, 0.15) is 37.7 Å². The first-order valence-corrected chi connectivity index (χ1v) is 15.8. The molecule has 4 atom stereocenters. The number of fused-ring (bicyclic) bond motifs is 1. The minimum Gasteiger partial charge on any atom is -0.468 e. The Bertz CT molecular complexity index is 777. The summed E-state index contributed by atoms with van der Waals surface area (Å²) in [5.74, 6) is -0.990. The number of carbonyl (C=O) groups excluding carboxylic acids is 2. The van der Waals surface area contributed by atoms with E-state index in [9.17, 15) is 9.59 Å². The summed E-state index contributed by atoms with van der Waals surface area (Å²) >= 11 is 0. The number of hydrogen-bond acceptors (Lipinski definition) is 6. The maximum Gasteiger partial charge on any atom is 0.316 e. The second-order valence-corrected chi connectivity index (χ2v) is 16.5. The van der Waals surface area contributed by atoms with Crippen LogP contribution in [-0.4, -0.2) is 53.0 Å². The van der Waals surface area contributed by atoms with E-state index in [-0.39, 0.29) is 30.0 Å². The molecule has 0 unspecified atom stereocenters. The van der Waals surface area contributed by atoms with Gasteiger partial charge >= 0.3 is 5.97 Å². The van der Waals surface area contributed by atoms with E-state index in [2.05, 4.69) is 31.8 Å². The van der Waals surface area contributed by atoms with Crippen molar-refractivity contribution in [3.8, 4) is 0 Å². The highest BCUT2D eigenvalue weighted by Crippen LogP contribution is 2.52. The van der Waals surface area contributed by atoms with Crippen LogP contribution >= 0.6 is 0 Å². The summed E-state index contributed by atoms with van der Waals surface area (Å²) in [6, 6.07) is 11.3. The van der Waals surface area contributed by atoms with Gasteiger partial charge in [0.05, 0.1) is 26.4 Å². The van der Waals surface area contributed by atoms with Gasteiger partial charge in [-0.05, 0) is 48.6 Å². The summed E-state index contributed by atoms with van der Waals surface area (Å²) in [5.41, 5.74) is 0.931. The molecule has 0 aliphatic heterocycles.